The lowest BCUT2D eigenvalue weighted by Gasteiger charge is -2.32. The van der Waals surface area contributed by atoms with Gasteiger partial charge in [0.25, 0.3) is 0 Å². The number of rotatable bonds is 13. The highest BCUT2D eigenvalue weighted by Gasteiger charge is 2.40. The Kier molecular flexibility index (Phi) is 10.2. The summed E-state index contributed by atoms with van der Waals surface area (Å²) in [7, 11) is 0. The second-order valence-corrected chi connectivity index (χ2v) is 9.62. The number of carbonyl (C=O) groups is 6. The topological polar surface area (TPSA) is 210 Å². The smallest absolute Gasteiger partial charge is 0.327 e. The zero-order valence-electron chi connectivity index (χ0n) is 21.7. The van der Waals surface area contributed by atoms with Crippen LogP contribution in [0.2, 0.25) is 0 Å². The number of nitrogens with zero attached hydrogens (tertiary/aromatic N) is 1. The van der Waals surface area contributed by atoms with Crippen LogP contribution in [0.5, 0.6) is 0 Å². The summed E-state index contributed by atoms with van der Waals surface area (Å²) in [5, 5.41) is 21.8. The molecule has 0 saturated carbocycles. The maximum absolute atomic E-state index is 13.6. The Hall–Kier alpha value is -4.42. The number of nitrogens with two attached hydrogens (primary N) is 2. The van der Waals surface area contributed by atoms with Crippen molar-refractivity contribution in [2.75, 3.05) is 0 Å². The van der Waals surface area contributed by atoms with Crippen LogP contribution in [0.1, 0.15) is 47.2 Å². The van der Waals surface area contributed by atoms with Crippen molar-refractivity contribution in [1.82, 2.24) is 10.2 Å². The number of nitrogens with one attached hydrogen (secondary N) is 1. The van der Waals surface area contributed by atoms with Gasteiger partial charge in [0, 0.05) is 24.8 Å². The quantitative estimate of drug-likeness (QED) is 0.214. The monoisotopic (exact) mass is 552 g/mol. The molecule has 1 saturated heterocycles. The average Bonchev–Trinajstić information content (AvgIpc) is 3.37. The van der Waals surface area contributed by atoms with E-state index in [1.165, 1.54) is 12.1 Å². The molecule has 1 fully saturated rings. The molecule has 4 atom stereocenters. The first-order valence-corrected chi connectivity index (χ1v) is 12.8. The van der Waals surface area contributed by atoms with Gasteiger partial charge in [0.15, 0.2) is 5.78 Å². The van der Waals surface area contributed by atoms with E-state index in [0.29, 0.717) is 10.5 Å². The third-order valence-corrected chi connectivity index (χ3v) is 6.68. The van der Waals surface area contributed by atoms with E-state index in [9.17, 15) is 33.9 Å². The maximum Gasteiger partial charge on any atom is 0.327 e. The molecule has 1 heterocycles. The second kappa shape index (κ2) is 13.6. The second-order valence-electron chi connectivity index (χ2n) is 9.62. The molecule has 40 heavy (non-hydrogen) atoms. The highest BCUT2D eigenvalue weighted by atomic mass is 16.4. The van der Waals surface area contributed by atoms with Gasteiger partial charge in [0.1, 0.15) is 6.04 Å². The van der Waals surface area contributed by atoms with E-state index >= 15 is 0 Å². The lowest BCUT2D eigenvalue weighted by molar-refractivity contribution is -0.159. The summed E-state index contributed by atoms with van der Waals surface area (Å²) in [4.78, 5) is 75.9. The first-order chi connectivity index (χ1) is 19.0. The van der Waals surface area contributed by atoms with Gasteiger partial charge in [-0.25, -0.2) is 4.79 Å². The number of hydrogen-bond acceptors (Lipinski definition) is 8. The molecule has 3 amide bonds. The number of aliphatic carboxylic acids is 2. The predicted molar refractivity (Wildman–Crippen MR) is 142 cm³/mol. The Morgan fingerprint density at radius 2 is 1.52 bits per heavy atom. The average molecular weight is 553 g/mol. The molecule has 4 unspecified atom stereocenters. The molecule has 1 aliphatic heterocycles. The van der Waals surface area contributed by atoms with Crippen molar-refractivity contribution in [1.29, 1.82) is 0 Å². The minimum Gasteiger partial charge on any atom is -0.481 e. The lowest BCUT2D eigenvalue weighted by atomic mass is 9.92. The van der Waals surface area contributed by atoms with E-state index in [2.05, 4.69) is 5.32 Å². The Morgan fingerprint density at radius 1 is 0.900 bits per heavy atom. The molecular formula is C28H32N4O8. The van der Waals surface area contributed by atoms with Gasteiger partial charge in [0.2, 0.25) is 17.7 Å². The molecule has 1 aliphatic rings. The molecule has 0 spiro atoms. The van der Waals surface area contributed by atoms with Gasteiger partial charge in [-0.15, -0.1) is 0 Å². The van der Waals surface area contributed by atoms with Gasteiger partial charge in [0.05, 0.1) is 18.1 Å². The summed E-state index contributed by atoms with van der Waals surface area (Å²) in [6.45, 7) is 0. The predicted octanol–water partition coefficient (Wildman–Crippen LogP) is 0.261. The molecule has 0 bridgehead atoms. The van der Waals surface area contributed by atoms with E-state index in [0.717, 1.165) is 0 Å². The van der Waals surface area contributed by atoms with Crippen molar-refractivity contribution < 1.29 is 39.0 Å². The van der Waals surface area contributed by atoms with Crippen LogP contribution in [0.15, 0.2) is 54.6 Å². The highest BCUT2D eigenvalue weighted by Crippen LogP contribution is 2.21. The number of carbonyl (C=O) groups excluding carboxylic acids is 4. The van der Waals surface area contributed by atoms with Crippen LogP contribution in [-0.2, 0) is 36.8 Å². The van der Waals surface area contributed by atoms with Crippen molar-refractivity contribution in [3.05, 3.63) is 71.3 Å². The van der Waals surface area contributed by atoms with E-state index in [-0.39, 0.29) is 42.7 Å². The number of carboxylic acid groups (broad SMARTS) is 2. The normalized spacial score (nSPS) is 16.9. The number of Topliss-reactive ketones (excluding diaryl/α,β-unsaturated/α-hetero) is 1. The van der Waals surface area contributed by atoms with Gasteiger partial charge in [-0.05, 0) is 30.4 Å². The molecular weight excluding hydrogens is 520 g/mol. The lowest BCUT2D eigenvalue weighted by Crippen LogP contribution is -2.59. The number of hydrogen-bond donors (Lipinski definition) is 5. The third kappa shape index (κ3) is 7.58. The van der Waals surface area contributed by atoms with E-state index in [1.807, 2.05) is 0 Å². The Labute approximate surface area is 230 Å². The maximum atomic E-state index is 13.6. The summed E-state index contributed by atoms with van der Waals surface area (Å²) >= 11 is 0. The third-order valence-electron chi connectivity index (χ3n) is 6.68. The Morgan fingerprint density at radius 3 is 2.12 bits per heavy atom. The van der Waals surface area contributed by atoms with E-state index < -0.39 is 66.5 Å². The van der Waals surface area contributed by atoms with Crippen LogP contribution in [0.4, 0.5) is 0 Å². The molecule has 0 aromatic heterocycles. The van der Waals surface area contributed by atoms with Gasteiger partial charge >= 0.3 is 11.9 Å². The van der Waals surface area contributed by atoms with Crippen molar-refractivity contribution in [3.8, 4) is 0 Å². The molecule has 0 aliphatic carbocycles. The van der Waals surface area contributed by atoms with Crippen LogP contribution in [0.3, 0.4) is 0 Å². The first kappa shape index (κ1) is 30.1. The minimum atomic E-state index is -1.80. The fourth-order valence-electron chi connectivity index (χ4n) is 4.57. The first-order valence-electron chi connectivity index (χ1n) is 12.8. The molecule has 12 heteroatoms. The fraction of sp³-hybridized carbons (Fsp3) is 0.357. The van der Waals surface area contributed by atoms with Gasteiger partial charge < -0.3 is 27.0 Å². The number of carboxylic acids is 2. The summed E-state index contributed by atoms with van der Waals surface area (Å²) in [5.41, 5.74) is 13.1. The Bertz CT molecular complexity index is 1280. The molecule has 2 aromatic rings. The molecule has 212 valence electrons. The largest absolute Gasteiger partial charge is 0.481 e. The number of ketones is 1. The van der Waals surface area contributed by atoms with Crippen LogP contribution >= 0.6 is 0 Å². The van der Waals surface area contributed by atoms with Crippen molar-refractivity contribution in [2.45, 2.75) is 62.7 Å². The summed E-state index contributed by atoms with van der Waals surface area (Å²) < 4.78 is 0. The van der Waals surface area contributed by atoms with Crippen LogP contribution < -0.4 is 16.8 Å². The van der Waals surface area contributed by atoms with E-state index in [1.54, 1.807) is 42.5 Å². The van der Waals surface area contributed by atoms with Gasteiger partial charge in [-0.1, -0.05) is 54.6 Å². The van der Waals surface area contributed by atoms with Crippen LogP contribution in [-0.4, -0.2) is 74.7 Å². The highest BCUT2D eigenvalue weighted by molar-refractivity contribution is 6.05. The number of imide groups is 1. The Balaban J connectivity index is 1.96. The number of amides is 3. The fourth-order valence-corrected chi connectivity index (χ4v) is 4.57. The summed E-state index contributed by atoms with van der Waals surface area (Å²) in [6, 6.07) is 9.43. The van der Waals surface area contributed by atoms with Crippen LogP contribution in [0.25, 0.3) is 0 Å². The summed E-state index contributed by atoms with van der Waals surface area (Å²) in [6.07, 6.45) is -0.803. The molecule has 12 nitrogen and oxygen atoms in total. The zero-order valence-corrected chi connectivity index (χ0v) is 21.7. The standard InChI is InChI=1S/C28H32N4O8/c29-19(10-13-24(34)35)26(37)32(27(38)20(30)14-16-6-2-1-3-7-16)22(28(39)40)15-17-8-4-5-9-18(17)25(36)21-11-12-23(33)31-21/h1-9,19-22H,10-15,29-30H2,(H,31,33)(H,34,35)(H,39,40). The van der Waals surface area contributed by atoms with Gasteiger partial charge in [-0.2, -0.15) is 0 Å². The molecule has 2 aromatic carbocycles. The SMILES string of the molecule is NC(CCC(=O)O)C(=O)N(C(=O)C(N)Cc1ccccc1)C(Cc1ccccc1C(=O)C1CCC(=O)N1)C(=O)O. The van der Waals surface area contributed by atoms with Gasteiger partial charge in [-0.3, -0.25) is 28.9 Å². The molecule has 3 rings (SSSR count). The molecule has 0 radical (unpaired) electrons. The minimum absolute atomic E-state index is 0.00337. The van der Waals surface area contributed by atoms with Crippen molar-refractivity contribution in [3.63, 3.8) is 0 Å². The molecule has 7 N–H and O–H groups in total. The number of benzene rings is 2. The van der Waals surface area contributed by atoms with Crippen molar-refractivity contribution in [2.24, 2.45) is 11.5 Å². The van der Waals surface area contributed by atoms with Crippen molar-refractivity contribution >= 4 is 35.4 Å². The zero-order chi connectivity index (χ0) is 29.4. The summed E-state index contributed by atoms with van der Waals surface area (Å²) in [5.74, 6) is -5.55. The van der Waals surface area contributed by atoms with E-state index in [4.69, 9.17) is 16.6 Å². The van der Waals surface area contributed by atoms with Crippen LogP contribution in [0, 0.1) is 0 Å².